The molecule has 0 spiro atoms. The van der Waals surface area contributed by atoms with E-state index in [1.165, 1.54) is 6.07 Å². The van der Waals surface area contributed by atoms with E-state index in [0.29, 0.717) is 3.57 Å². The van der Waals surface area contributed by atoms with Gasteiger partial charge in [0.05, 0.1) is 12.1 Å². The van der Waals surface area contributed by atoms with Crippen LogP contribution >= 0.6 is 22.6 Å². The molecule has 76 valence electrons. The summed E-state index contributed by atoms with van der Waals surface area (Å²) in [6, 6.07) is 1.36. The second kappa shape index (κ2) is 4.63. The van der Waals surface area contributed by atoms with Gasteiger partial charge in [-0.05, 0) is 28.7 Å². The highest BCUT2D eigenvalue weighted by Gasteiger charge is 2.13. The Morgan fingerprint density at radius 1 is 1.64 bits per heavy atom. The lowest BCUT2D eigenvalue weighted by atomic mass is 10.2. The Bertz CT molecular complexity index is 357. The maximum absolute atomic E-state index is 12.3. The number of halogens is 3. The average Bonchev–Trinajstić information content (AvgIpc) is 2.01. The number of nitrogens with zero attached hydrogens (tertiary/aromatic N) is 1. The summed E-state index contributed by atoms with van der Waals surface area (Å²) in [5.41, 5.74) is 0.117. The molecule has 1 aromatic rings. The number of aromatic nitrogens is 1. The average molecular weight is 313 g/mol. The fourth-order valence-corrected chi connectivity index (χ4v) is 1.63. The third-order valence-electron chi connectivity index (χ3n) is 1.51. The highest BCUT2D eigenvalue weighted by atomic mass is 127. The molecule has 14 heavy (non-hydrogen) atoms. The first kappa shape index (κ1) is 11.3. The number of carboxylic acid groups (broad SMARTS) is 1. The maximum atomic E-state index is 12.3. The molecule has 0 amide bonds. The Kier molecular flexibility index (Phi) is 3.73. The third kappa shape index (κ3) is 2.86. The van der Waals surface area contributed by atoms with Gasteiger partial charge in [0, 0.05) is 15.3 Å². The molecule has 1 rings (SSSR count). The molecular formula is C8H6F2INO2. The highest BCUT2D eigenvalue weighted by Crippen LogP contribution is 2.23. The smallest absolute Gasteiger partial charge is 0.309 e. The quantitative estimate of drug-likeness (QED) is 0.871. The number of aliphatic carboxylic acids is 1. The van der Waals surface area contributed by atoms with Gasteiger partial charge in [-0.2, -0.15) is 0 Å². The molecule has 1 heterocycles. The normalized spacial score (nSPS) is 10.6. The number of hydrogen-bond acceptors (Lipinski definition) is 2. The lowest BCUT2D eigenvalue weighted by molar-refractivity contribution is -0.136. The molecule has 0 fully saturated rings. The van der Waals surface area contributed by atoms with Crippen molar-refractivity contribution >= 4 is 28.6 Å². The molecule has 0 atom stereocenters. The predicted octanol–water partition coefficient (Wildman–Crippen LogP) is 2.25. The maximum Gasteiger partial charge on any atom is 0.309 e. The molecule has 0 aliphatic carbocycles. The zero-order valence-corrected chi connectivity index (χ0v) is 9.03. The molecule has 0 radical (unpaired) electrons. The first-order valence-electron chi connectivity index (χ1n) is 3.65. The lowest BCUT2D eigenvalue weighted by Gasteiger charge is -2.03. The van der Waals surface area contributed by atoms with E-state index >= 15 is 0 Å². The van der Waals surface area contributed by atoms with Crippen LogP contribution in [-0.2, 0) is 11.2 Å². The highest BCUT2D eigenvalue weighted by molar-refractivity contribution is 14.1. The van der Waals surface area contributed by atoms with Gasteiger partial charge in [-0.1, -0.05) is 0 Å². The van der Waals surface area contributed by atoms with Crippen molar-refractivity contribution in [3.63, 3.8) is 0 Å². The Hall–Kier alpha value is -0.790. The van der Waals surface area contributed by atoms with Crippen molar-refractivity contribution < 1.29 is 18.7 Å². The number of carboxylic acids is 1. The van der Waals surface area contributed by atoms with Crippen LogP contribution in [0.3, 0.4) is 0 Å². The topological polar surface area (TPSA) is 50.2 Å². The summed E-state index contributed by atoms with van der Waals surface area (Å²) in [5.74, 6) is -1.03. The van der Waals surface area contributed by atoms with Gasteiger partial charge in [0.15, 0.2) is 0 Å². The van der Waals surface area contributed by atoms with E-state index in [1.807, 2.05) is 0 Å². The van der Waals surface area contributed by atoms with Gasteiger partial charge in [-0.25, -0.2) is 8.78 Å². The summed E-state index contributed by atoms with van der Waals surface area (Å²) in [7, 11) is 0. The molecule has 1 N–H and O–H groups in total. The number of pyridine rings is 1. The monoisotopic (exact) mass is 313 g/mol. The Balaban J connectivity index is 2.94. The molecule has 0 aliphatic heterocycles. The molecule has 3 nitrogen and oxygen atoms in total. The molecule has 0 saturated carbocycles. The van der Waals surface area contributed by atoms with Crippen molar-refractivity contribution in [1.29, 1.82) is 0 Å². The van der Waals surface area contributed by atoms with Gasteiger partial charge < -0.3 is 5.11 Å². The molecule has 0 aliphatic rings. The van der Waals surface area contributed by atoms with Gasteiger partial charge in [0.25, 0.3) is 6.43 Å². The van der Waals surface area contributed by atoms with Gasteiger partial charge in [0.2, 0.25) is 0 Å². The van der Waals surface area contributed by atoms with Gasteiger partial charge in [0.1, 0.15) is 0 Å². The molecular weight excluding hydrogens is 307 g/mol. The van der Waals surface area contributed by atoms with Gasteiger partial charge in [-0.15, -0.1) is 0 Å². The van der Waals surface area contributed by atoms with Crippen LogP contribution < -0.4 is 0 Å². The fraction of sp³-hybridized carbons (Fsp3) is 0.250. The van der Waals surface area contributed by atoms with Crippen molar-refractivity contribution in [2.24, 2.45) is 0 Å². The lowest BCUT2D eigenvalue weighted by Crippen LogP contribution is -2.04. The van der Waals surface area contributed by atoms with E-state index in [4.69, 9.17) is 5.11 Å². The molecule has 1 aromatic heterocycles. The minimum atomic E-state index is -2.58. The van der Waals surface area contributed by atoms with Crippen LogP contribution in [0.5, 0.6) is 0 Å². The Morgan fingerprint density at radius 3 is 2.71 bits per heavy atom. The Morgan fingerprint density at radius 2 is 2.29 bits per heavy atom. The van der Waals surface area contributed by atoms with Gasteiger partial charge in [-0.3, -0.25) is 9.78 Å². The molecule has 0 saturated heterocycles. The first-order chi connectivity index (χ1) is 6.50. The summed E-state index contributed by atoms with van der Waals surface area (Å²) in [5, 5.41) is 8.45. The van der Waals surface area contributed by atoms with Crippen LogP contribution in [0, 0.1) is 3.57 Å². The van der Waals surface area contributed by atoms with Crippen LogP contribution in [0.25, 0.3) is 0 Å². The standard InChI is InChI=1S/C8H6F2INO2/c9-8(10)5-3-12-4(1-6(5)11)2-7(13)14/h1,3,8H,2H2,(H,13,14). The summed E-state index contributed by atoms with van der Waals surface area (Å²) in [6.07, 6.45) is -1.81. The van der Waals surface area contributed by atoms with E-state index in [-0.39, 0.29) is 17.7 Å². The van der Waals surface area contributed by atoms with Crippen molar-refractivity contribution in [3.8, 4) is 0 Å². The molecule has 0 bridgehead atoms. The number of carbonyl (C=O) groups is 1. The predicted molar refractivity (Wildman–Crippen MR) is 53.3 cm³/mol. The van der Waals surface area contributed by atoms with E-state index in [2.05, 4.69) is 4.98 Å². The zero-order chi connectivity index (χ0) is 10.7. The second-order valence-electron chi connectivity index (χ2n) is 2.57. The minimum Gasteiger partial charge on any atom is -0.481 e. The first-order valence-corrected chi connectivity index (χ1v) is 4.73. The van der Waals surface area contributed by atoms with E-state index in [9.17, 15) is 13.6 Å². The minimum absolute atomic E-state index is 0.167. The van der Waals surface area contributed by atoms with Crippen molar-refractivity contribution in [2.45, 2.75) is 12.8 Å². The number of hydrogen-bond donors (Lipinski definition) is 1. The van der Waals surface area contributed by atoms with Crippen LogP contribution in [0.4, 0.5) is 8.78 Å². The van der Waals surface area contributed by atoms with Crippen molar-refractivity contribution in [2.75, 3.05) is 0 Å². The second-order valence-corrected chi connectivity index (χ2v) is 3.73. The largest absolute Gasteiger partial charge is 0.481 e. The number of rotatable bonds is 3. The SMILES string of the molecule is O=C(O)Cc1cc(I)c(C(F)F)cn1. The van der Waals surface area contributed by atoms with E-state index in [1.54, 1.807) is 22.6 Å². The van der Waals surface area contributed by atoms with Gasteiger partial charge >= 0.3 is 5.97 Å². The van der Waals surface area contributed by atoms with Crippen LogP contribution in [-0.4, -0.2) is 16.1 Å². The van der Waals surface area contributed by atoms with Crippen LogP contribution in [0.2, 0.25) is 0 Å². The summed E-state index contributed by atoms with van der Waals surface area (Å²) in [6.45, 7) is 0. The fourth-order valence-electron chi connectivity index (χ4n) is 0.893. The van der Waals surface area contributed by atoms with E-state index in [0.717, 1.165) is 6.20 Å². The molecule has 0 aromatic carbocycles. The van der Waals surface area contributed by atoms with E-state index < -0.39 is 12.4 Å². The summed E-state index contributed by atoms with van der Waals surface area (Å²) in [4.78, 5) is 13.9. The Labute approximate surface area is 92.3 Å². The van der Waals surface area contributed by atoms with Crippen molar-refractivity contribution in [1.82, 2.24) is 4.98 Å². The zero-order valence-electron chi connectivity index (χ0n) is 6.88. The number of alkyl halides is 2. The molecule has 6 heteroatoms. The van der Waals surface area contributed by atoms with Crippen molar-refractivity contribution in [3.05, 3.63) is 27.1 Å². The third-order valence-corrected chi connectivity index (χ3v) is 2.44. The summed E-state index contributed by atoms with van der Waals surface area (Å²) >= 11 is 1.74. The van der Waals surface area contributed by atoms with Crippen LogP contribution in [0.1, 0.15) is 17.7 Å². The summed E-state index contributed by atoms with van der Waals surface area (Å²) < 4.78 is 24.9. The van der Waals surface area contributed by atoms with Crippen LogP contribution in [0.15, 0.2) is 12.3 Å². The molecule has 0 unspecified atom stereocenters.